The van der Waals surface area contributed by atoms with Crippen molar-refractivity contribution in [1.82, 2.24) is 19.1 Å². The van der Waals surface area contributed by atoms with E-state index in [2.05, 4.69) is 15.3 Å². The lowest BCUT2D eigenvalue weighted by molar-refractivity contribution is -0.137. The average Bonchev–Trinajstić information content (AvgIpc) is 3.50. The van der Waals surface area contributed by atoms with Crippen molar-refractivity contribution in [2.75, 3.05) is 11.1 Å². The molecule has 0 saturated heterocycles. The Morgan fingerprint density at radius 2 is 1.68 bits per heavy atom. The summed E-state index contributed by atoms with van der Waals surface area (Å²) in [5, 5.41) is 2.38. The summed E-state index contributed by atoms with van der Waals surface area (Å²) in [7, 11) is 0. The predicted molar refractivity (Wildman–Crippen MR) is 135 cm³/mol. The number of nitrogen functional groups attached to an aromatic ring is 1. The fourth-order valence-electron chi connectivity index (χ4n) is 6.02. The van der Waals surface area contributed by atoms with Gasteiger partial charge in [-0.2, -0.15) is 13.2 Å². The Morgan fingerprint density at radius 3 is 2.32 bits per heavy atom. The lowest BCUT2D eigenvalue weighted by atomic mass is 9.91. The number of nitrogens with two attached hydrogens (primary N) is 2. The fourth-order valence-corrected chi connectivity index (χ4v) is 6.02. The molecule has 0 unspecified atom stereocenters. The van der Waals surface area contributed by atoms with Gasteiger partial charge >= 0.3 is 11.9 Å². The number of nitrogens with zero attached hydrogens (tertiary/aromatic N) is 4. The molecule has 1 amide bonds. The van der Waals surface area contributed by atoms with Crippen LogP contribution >= 0.6 is 0 Å². The van der Waals surface area contributed by atoms with Gasteiger partial charge in [0, 0.05) is 23.5 Å². The first kappa shape index (κ1) is 24.2. The number of amides is 1. The maximum absolute atomic E-state index is 13.9. The number of hydrogen-bond acceptors (Lipinski definition) is 6. The molecule has 1 aromatic carbocycles. The van der Waals surface area contributed by atoms with E-state index in [1.54, 1.807) is 24.4 Å². The van der Waals surface area contributed by atoms with Crippen molar-refractivity contribution >= 4 is 28.6 Å². The quantitative estimate of drug-likeness (QED) is 0.373. The van der Waals surface area contributed by atoms with Crippen LogP contribution in [0.15, 0.2) is 59.7 Å². The number of carbonyl (C=O) groups is 1. The van der Waals surface area contributed by atoms with Gasteiger partial charge in [-0.3, -0.25) is 13.9 Å². The Labute approximate surface area is 214 Å². The fraction of sp³-hybridized carbons (Fsp3) is 0.308. The van der Waals surface area contributed by atoms with Crippen LogP contribution in [0.25, 0.3) is 16.7 Å². The van der Waals surface area contributed by atoms with Crippen molar-refractivity contribution in [2.45, 2.75) is 49.4 Å². The molecule has 0 spiro atoms. The molecule has 3 aromatic heterocycles. The van der Waals surface area contributed by atoms with Gasteiger partial charge in [-0.05, 0) is 74.6 Å². The first-order valence-electron chi connectivity index (χ1n) is 12.1. The van der Waals surface area contributed by atoms with E-state index in [0.29, 0.717) is 23.1 Å². The van der Waals surface area contributed by atoms with Gasteiger partial charge in [0.2, 0.25) is 0 Å². The van der Waals surface area contributed by atoms with Crippen molar-refractivity contribution in [1.29, 1.82) is 0 Å². The maximum atomic E-state index is 13.9. The first-order valence-corrected chi connectivity index (χ1v) is 12.1. The van der Waals surface area contributed by atoms with Crippen molar-refractivity contribution in [2.24, 2.45) is 5.73 Å². The lowest BCUT2D eigenvalue weighted by Crippen LogP contribution is -2.38. The van der Waals surface area contributed by atoms with Crippen LogP contribution in [0.5, 0.6) is 0 Å². The van der Waals surface area contributed by atoms with Crippen molar-refractivity contribution < 1.29 is 18.0 Å². The number of carbonyl (C=O) groups excluding carboxylic acids is 1. The van der Waals surface area contributed by atoms with Gasteiger partial charge in [-0.15, -0.1) is 0 Å². The lowest BCUT2D eigenvalue weighted by Gasteiger charge is -2.28. The monoisotopic (exact) mass is 523 g/mol. The van der Waals surface area contributed by atoms with Gasteiger partial charge in [-0.1, -0.05) is 0 Å². The van der Waals surface area contributed by atoms with E-state index in [4.69, 9.17) is 11.5 Å². The molecule has 5 N–H and O–H groups in total. The Hall–Kier alpha value is -4.19. The Morgan fingerprint density at radius 1 is 1.00 bits per heavy atom. The number of alkyl halides is 3. The third-order valence-electron chi connectivity index (χ3n) is 7.83. The zero-order chi connectivity index (χ0) is 26.9. The molecule has 196 valence electrons. The number of fused-ring (bicyclic) bond motifs is 3. The molecule has 2 saturated carbocycles. The second-order valence-corrected chi connectivity index (χ2v) is 10.2. The molecule has 0 radical (unpaired) electrons. The number of nitrogens with one attached hydrogen (secondary N) is 1. The summed E-state index contributed by atoms with van der Waals surface area (Å²) in [4.78, 5) is 34.6. The zero-order valence-corrected chi connectivity index (χ0v) is 20.1. The number of imidazole rings is 1. The first-order chi connectivity index (χ1) is 18.0. The van der Waals surface area contributed by atoms with Crippen LogP contribution in [-0.4, -0.2) is 30.5 Å². The molecule has 2 aliphatic rings. The zero-order valence-electron chi connectivity index (χ0n) is 20.1. The highest BCUT2D eigenvalue weighted by Crippen LogP contribution is 2.54. The molecule has 4 aromatic rings. The molecule has 38 heavy (non-hydrogen) atoms. The van der Waals surface area contributed by atoms with Crippen LogP contribution in [0, 0.1) is 0 Å². The standard InChI is InChI=1S/C26H24F3N7O2/c27-26(28,29)16-5-11-32-19(13-16)34-22(37)15-1-3-17(4-2-15)35-20-18(6-12-33-21(20)30)36(23(35)38)25-9-7-24(31,14-25)8-10-25/h1-6,11-13H,7-10,14,31H2,(H2,30,33)(H,32,34,37). The van der Waals surface area contributed by atoms with Crippen LogP contribution in [0.1, 0.15) is 48.0 Å². The van der Waals surface area contributed by atoms with Gasteiger partial charge < -0.3 is 16.8 Å². The Balaban J connectivity index is 1.36. The molecule has 2 fully saturated rings. The molecule has 2 aliphatic carbocycles. The number of rotatable bonds is 4. The highest BCUT2D eigenvalue weighted by atomic mass is 19.4. The number of halogens is 3. The van der Waals surface area contributed by atoms with Crippen LogP contribution < -0.4 is 22.5 Å². The Bertz CT molecular complexity index is 1630. The Kier molecular flexibility index (Phi) is 5.18. The highest BCUT2D eigenvalue weighted by molar-refractivity contribution is 6.04. The summed E-state index contributed by atoms with van der Waals surface area (Å²) in [6.45, 7) is 0. The maximum Gasteiger partial charge on any atom is 0.416 e. The van der Waals surface area contributed by atoms with Gasteiger partial charge in [0.05, 0.1) is 22.3 Å². The van der Waals surface area contributed by atoms with Gasteiger partial charge in [0.25, 0.3) is 5.91 Å². The smallest absolute Gasteiger partial charge is 0.382 e. The summed E-state index contributed by atoms with van der Waals surface area (Å²) < 4.78 is 42.2. The number of anilines is 2. The number of aromatic nitrogens is 4. The van der Waals surface area contributed by atoms with Crippen molar-refractivity contribution in [3.05, 3.63) is 76.5 Å². The topological polar surface area (TPSA) is 134 Å². The van der Waals surface area contributed by atoms with Gasteiger partial charge in [0.1, 0.15) is 17.2 Å². The van der Waals surface area contributed by atoms with E-state index in [1.165, 1.54) is 16.7 Å². The minimum absolute atomic E-state index is 0.175. The van der Waals surface area contributed by atoms with E-state index in [0.717, 1.165) is 44.0 Å². The van der Waals surface area contributed by atoms with E-state index in [9.17, 15) is 22.8 Å². The molecule has 0 atom stereocenters. The van der Waals surface area contributed by atoms with Crippen LogP contribution in [-0.2, 0) is 11.7 Å². The van der Waals surface area contributed by atoms with Crippen LogP contribution in [0.4, 0.5) is 24.8 Å². The van der Waals surface area contributed by atoms with Gasteiger partial charge in [-0.25, -0.2) is 14.8 Å². The summed E-state index contributed by atoms with van der Waals surface area (Å²) in [6, 6.07) is 9.49. The molecule has 9 nitrogen and oxygen atoms in total. The van der Waals surface area contributed by atoms with E-state index >= 15 is 0 Å². The minimum Gasteiger partial charge on any atom is -0.382 e. The highest BCUT2D eigenvalue weighted by Gasteiger charge is 2.54. The predicted octanol–water partition coefficient (Wildman–Crippen LogP) is 3.81. The minimum atomic E-state index is -4.56. The molecule has 12 heteroatoms. The van der Waals surface area contributed by atoms with Crippen LogP contribution in [0.2, 0.25) is 0 Å². The largest absolute Gasteiger partial charge is 0.416 e. The average molecular weight is 524 g/mol. The summed E-state index contributed by atoms with van der Waals surface area (Å²) >= 11 is 0. The van der Waals surface area contributed by atoms with E-state index in [1.807, 2.05) is 4.57 Å². The number of pyridine rings is 2. The summed E-state index contributed by atoms with van der Waals surface area (Å²) in [5.41, 5.74) is 12.7. The third kappa shape index (κ3) is 3.74. The van der Waals surface area contributed by atoms with Crippen molar-refractivity contribution in [3.8, 4) is 5.69 Å². The SMILES string of the molecule is Nc1nccc2c1n(-c1ccc(C(=O)Nc3cc(C(F)(F)F)ccn3)cc1)c(=O)n2C12CCC(N)(CC1)C2. The van der Waals surface area contributed by atoms with Gasteiger partial charge in [0.15, 0.2) is 0 Å². The molecule has 0 aliphatic heterocycles. The summed E-state index contributed by atoms with van der Waals surface area (Å²) in [5.74, 6) is -0.674. The molecule has 2 bridgehead atoms. The van der Waals surface area contributed by atoms with Crippen molar-refractivity contribution in [3.63, 3.8) is 0 Å². The second-order valence-electron chi connectivity index (χ2n) is 10.2. The third-order valence-corrected chi connectivity index (χ3v) is 7.83. The van der Waals surface area contributed by atoms with E-state index in [-0.39, 0.29) is 34.0 Å². The second kappa shape index (κ2) is 8.15. The van der Waals surface area contributed by atoms with E-state index < -0.39 is 17.6 Å². The number of hydrogen-bond donors (Lipinski definition) is 3. The molecule has 6 rings (SSSR count). The summed E-state index contributed by atoms with van der Waals surface area (Å²) in [6.07, 6.45) is 1.99. The molecule has 3 heterocycles. The normalized spacial score (nSPS) is 22.7. The molecular formula is C26H24F3N7O2. The molecular weight excluding hydrogens is 499 g/mol. The number of benzene rings is 1. The van der Waals surface area contributed by atoms with Crippen LogP contribution in [0.3, 0.4) is 0 Å².